The number of carbonyl (C=O) groups excluding carboxylic acids is 1. The van der Waals surface area contributed by atoms with E-state index in [4.69, 9.17) is 9.26 Å². The van der Waals surface area contributed by atoms with Gasteiger partial charge in [0, 0.05) is 24.7 Å². The third-order valence-corrected chi connectivity index (χ3v) is 4.95. The quantitative estimate of drug-likeness (QED) is 0.683. The molecule has 4 rings (SSSR count). The number of hydrogen-bond acceptors (Lipinski definition) is 5. The highest BCUT2D eigenvalue weighted by molar-refractivity contribution is 5.89. The molecule has 1 fully saturated rings. The van der Waals surface area contributed by atoms with Gasteiger partial charge in [-0.25, -0.2) is 4.79 Å². The normalized spacial score (nSPS) is 22.0. The summed E-state index contributed by atoms with van der Waals surface area (Å²) in [6.07, 6.45) is 1.80. The summed E-state index contributed by atoms with van der Waals surface area (Å²) in [7, 11) is 3.14. The smallest absolute Gasteiger partial charge is 0.354 e. The Bertz CT molecular complexity index is 913. The van der Waals surface area contributed by atoms with Crippen molar-refractivity contribution in [2.75, 3.05) is 7.11 Å². The van der Waals surface area contributed by atoms with E-state index in [1.165, 1.54) is 12.7 Å². The van der Waals surface area contributed by atoms with Crippen molar-refractivity contribution in [2.24, 2.45) is 13.0 Å². The van der Waals surface area contributed by atoms with Crippen LogP contribution in [0.3, 0.4) is 0 Å². The summed E-state index contributed by atoms with van der Waals surface area (Å²) >= 11 is 0. The molecule has 0 saturated heterocycles. The maximum atomic E-state index is 11.7. The number of methoxy groups -OCH3 is 1. The first-order valence-corrected chi connectivity index (χ1v) is 8.23. The highest BCUT2D eigenvalue weighted by Gasteiger charge is 2.52. The standard InChI is InChI=1S/C19H19N3O3/c1-11-15(12-7-5-4-6-8-12)16(11)18-20-17(21-25-18)13-9-14(19(23)24-3)22(2)10-13/h4-11,15-16H,1-3H3. The molecule has 1 aliphatic carbocycles. The maximum absolute atomic E-state index is 11.7. The maximum Gasteiger partial charge on any atom is 0.354 e. The lowest BCUT2D eigenvalue weighted by molar-refractivity contribution is 0.0590. The van der Waals surface area contributed by atoms with Crippen LogP contribution in [-0.4, -0.2) is 27.8 Å². The fraction of sp³-hybridized carbons (Fsp3) is 0.316. The monoisotopic (exact) mass is 337 g/mol. The number of benzene rings is 1. The number of carbonyl (C=O) groups is 1. The van der Waals surface area contributed by atoms with Crippen molar-refractivity contribution in [2.45, 2.75) is 18.8 Å². The van der Waals surface area contributed by atoms with E-state index in [0.29, 0.717) is 29.2 Å². The molecule has 2 aromatic heterocycles. The van der Waals surface area contributed by atoms with Crippen LogP contribution in [0.5, 0.6) is 0 Å². The molecule has 0 N–H and O–H groups in total. The predicted molar refractivity (Wildman–Crippen MR) is 91.1 cm³/mol. The Hall–Kier alpha value is -2.89. The average Bonchev–Trinajstić information content (AvgIpc) is 2.98. The van der Waals surface area contributed by atoms with Gasteiger partial charge in [-0.1, -0.05) is 42.4 Å². The molecule has 0 aliphatic heterocycles. The number of rotatable bonds is 4. The molecule has 3 aromatic rings. The minimum atomic E-state index is -0.391. The molecule has 128 valence electrons. The van der Waals surface area contributed by atoms with Gasteiger partial charge in [0.25, 0.3) is 0 Å². The lowest BCUT2D eigenvalue weighted by atomic mass is 10.1. The number of aromatic nitrogens is 3. The van der Waals surface area contributed by atoms with Gasteiger partial charge in [0.1, 0.15) is 5.69 Å². The molecule has 0 radical (unpaired) electrons. The second-order valence-corrected chi connectivity index (χ2v) is 6.49. The average molecular weight is 337 g/mol. The Labute approximate surface area is 145 Å². The molecule has 25 heavy (non-hydrogen) atoms. The van der Waals surface area contributed by atoms with E-state index in [1.807, 2.05) is 6.07 Å². The lowest BCUT2D eigenvalue weighted by Crippen LogP contribution is -2.06. The van der Waals surface area contributed by atoms with Crippen molar-refractivity contribution < 1.29 is 14.1 Å². The van der Waals surface area contributed by atoms with E-state index in [2.05, 4.69) is 41.3 Å². The molecule has 1 aromatic carbocycles. The van der Waals surface area contributed by atoms with E-state index >= 15 is 0 Å². The number of esters is 1. The SMILES string of the molecule is COC(=O)c1cc(-c2noc(C3C(C)C3c3ccccc3)n2)cn1C. The van der Waals surface area contributed by atoms with Crippen LogP contribution in [-0.2, 0) is 11.8 Å². The number of hydrogen-bond donors (Lipinski definition) is 0. The highest BCUT2D eigenvalue weighted by Crippen LogP contribution is 2.59. The van der Waals surface area contributed by atoms with Crippen molar-refractivity contribution >= 4 is 5.97 Å². The third-order valence-electron chi connectivity index (χ3n) is 4.95. The topological polar surface area (TPSA) is 70.2 Å². The summed E-state index contributed by atoms with van der Waals surface area (Å²) < 4.78 is 12.0. The van der Waals surface area contributed by atoms with E-state index in [1.54, 1.807) is 23.9 Å². The van der Waals surface area contributed by atoms with E-state index in [-0.39, 0.29) is 5.92 Å². The van der Waals surface area contributed by atoms with Crippen LogP contribution in [0.25, 0.3) is 11.4 Å². The Morgan fingerprint density at radius 2 is 2.00 bits per heavy atom. The van der Waals surface area contributed by atoms with Gasteiger partial charge in [-0.05, 0) is 23.5 Å². The van der Waals surface area contributed by atoms with Gasteiger partial charge >= 0.3 is 5.97 Å². The molecule has 6 heteroatoms. The summed E-state index contributed by atoms with van der Waals surface area (Å²) in [6, 6.07) is 12.1. The number of ether oxygens (including phenoxy) is 1. The van der Waals surface area contributed by atoms with E-state index in [9.17, 15) is 4.79 Å². The molecule has 6 nitrogen and oxygen atoms in total. The van der Waals surface area contributed by atoms with Crippen molar-refractivity contribution in [1.29, 1.82) is 0 Å². The molecule has 2 heterocycles. The Morgan fingerprint density at radius 3 is 2.72 bits per heavy atom. The van der Waals surface area contributed by atoms with Gasteiger partial charge in [-0.15, -0.1) is 0 Å². The van der Waals surface area contributed by atoms with E-state index < -0.39 is 5.97 Å². The van der Waals surface area contributed by atoms with Gasteiger partial charge in [-0.3, -0.25) is 0 Å². The van der Waals surface area contributed by atoms with Gasteiger partial charge in [0.05, 0.1) is 7.11 Å². The number of aryl methyl sites for hydroxylation is 1. The molecule has 1 aliphatic rings. The van der Waals surface area contributed by atoms with Crippen LogP contribution in [0, 0.1) is 5.92 Å². The van der Waals surface area contributed by atoms with Crippen LogP contribution in [0.1, 0.15) is 40.7 Å². The van der Waals surface area contributed by atoms with Gasteiger partial charge < -0.3 is 13.8 Å². The fourth-order valence-corrected chi connectivity index (χ4v) is 3.51. The minimum Gasteiger partial charge on any atom is -0.464 e. The zero-order chi connectivity index (χ0) is 17.6. The molecule has 0 spiro atoms. The predicted octanol–water partition coefficient (Wildman–Crippen LogP) is 3.38. The largest absolute Gasteiger partial charge is 0.464 e. The van der Waals surface area contributed by atoms with Gasteiger partial charge in [0.2, 0.25) is 11.7 Å². The van der Waals surface area contributed by atoms with Crippen molar-refractivity contribution in [1.82, 2.24) is 14.7 Å². The first-order valence-electron chi connectivity index (χ1n) is 8.23. The van der Waals surface area contributed by atoms with Crippen molar-refractivity contribution in [3.8, 4) is 11.4 Å². The van der Waals surface area contributed by atoms with Gasteiger partial charge in [0.15, 0.2) is 0 Å². The molecular weight excluding hydrogens is 318 g/mol. The zero-order valence-corrected chi connectivity index (χ0v) is 14.3. The summed E-state index contributed by atoms with van der Waals surface area (Å²) in [6.45, 7) is 2.20. The van der Waals surface area contributed by atoms with E-state index in [0.717, 1.165) is 5.56 Å². The summed E-state index contributed by atoms with van der Waals surface area (Å²) in [5.74, 6) is 1.88. The van der Waals surface area contributed by atoms with Crippen molar-refractivity contribution in [3.63, 3.8) is 0 Å². The summed E-state index contributed by atoms with van der Waals surface area (Å²) in [5.41, 5.74) is 2.49. The van der Waals surface area contributed by atoms with Crippen molar-refractivity contribution in [3.05, 3.63) is 59.7 Å². The lowest BCUT2D eigenvalue weighted by Gasteiger charge is -1.98. The van der Waals surface area contributed by atoms with Gasteiger partial charge in [-0.2, -0.15) is 4.98 Å². The molecule has 0 bridgehead atoms. The van der Waals surface area contributed by atoms with Crippen LogP contribution in [0.2, 0.25) is 0 Å². The molecule has 0 amide bonds. The molecule has 1 saturated carbocycles. The summed E-state index contributed by atoms with van der Waals surface area (Å²) in [4.78, 5) is 16.3. The Morgan fingerprint density at radius 1 is 1.24 bits per heavy atom. The third kappa shape index (κ3) is 2.63. The first kappa shape index (κ1) is 15.6. The van der Waals surface area contributed by atoms with Crippen LogP contribution >= 0.6 is 0 Å². The molecule has 3 atom stereocenters. The van der Waals surface area contributed by atoms with Crippen LogP contribution < -0.4 is 0 Å². The Balaban J connectivity index is 1.59. The molecule has 3 unspecified atom stereocenters. The fourth-order valence-electron chi connectivity index (χ4n) is 3.51. The molecular formula is C19H19N3O3. The Kier molecular flexibility index (Phi) is 3.67. The second-order valence-electron chi connectivity index (χ2n) is 6.49. The van der Waals surface area contributed by atoms with Crippen LogP contribution in [0.15, 0.2) is 47.1 Å². The zero-order valence-electron chi connectivity index (χ0n) is 14.3. The minimum absolute atomic E-state index is 0.243. The second kappa shape index (κ2) is 5.88. The van der Waals surface area contributed by atoms with Crippen LogP contribution in [0.4, 0.5) is 0 Å². The first-order chi connectivity index (χ1) is 12.1. The number of nitrogens with zero attached hydrogens (tertiary/aromatic N) is 3. The summed E-state index contributed by atoms with van der Waals surface area (Å²) in [5, 5.41) is 4.10. The highest BCUT2D eigenvalue weighted by atomic mass is 16.5.